The number of hydrogen-bond donors (Lipinski definition) is 6. The summed E-state index contributed by atoms with van der Waals surface area (Å²) in [5.74, 6) is -2.90. The van der Waals surface area contributed by atoms with E-state index < -0.39 is 23.3 Å². The van der Waals surface area contributed by atoms with E-state index in [1.54, 1.807) is 0 Å². The highest BCUT2D eigenvalue weighted by molar-refractivity contribution is 6.33. The van der Waals surface area contributed by atoms with Crippen LogP contribution in [0.1, 0.15) is 31.8 Å². The van der Waals surface area contributed by atoms with Crippen LogP contribution in [-0.2, 0) is 6.42 Å². The number of rotatable bonds is 4. The molecule has 0 aliphatic carbocycles. The summed E-state index contributed by atoms with van der Waals surface area (Å²) in [6.07, 6.45) is 0.122. The smallest absolute Gasteiger partial charge is 0.278 e. The highest BCUT2D eigenvalue weighted by atomic mass is 35.5. The first-order chi connectivity index (χ1) is 11.8. The number of halogens is 2. The van der Waals surface area contributed by atoms with Crippen LogP contribution in [0.4, 0.5) is 0 Å². The van der Waals surface area contributed by atoms with E-state index in [-0.39, 0.29) is 27.6 Å². The van der Waals surface area contributed by atoms with Gasteiger partial charge >= 0.3 is 0 Å². The minimum atomic E-state index is -0.953. The van der Waals surface area contributed by atoms with Crippen molar-refractivity contribution >= 4 is 35.0 Å². The summed E-state index contributed by atoms with van der Waals surface area (Å²) in [4.78, 5) is 23.1. The van der Waals surface area contributed by atoms with Crippen molar-refractivity contribution in [2.75, 3.05) is 0 Å². The third-order valence-corrected chi connectivity index (χ3v) is 3.92. The SMILES string of the molecule is O=C(NO)c1cc(Cc2cc(Cl)c(O)c(C(=O)NO)c2)cc(Cl)c1O. The molecule has 0 radical (unpaired) electrons. The van der Waals surface area contributed by atoms with Gasteiger partial charge in [-0.2, -0.15) is 0 Å². The Balaban J connectivity index is 2.47. The van der Waals surface area contributed by atoms with Gasteiger partial charge in [-0.3, -0.25) is 20.0 Å². The van der Waals surface area contributed by atoms with Gasteiger partial charge in [-0.05, 0) is 41.8 Å². The van der Waals surface area contributed by atoms with Crippen molar-refractivity contribution in [2.24, 2.45) is 0 Å². The van der Waals surface area contributed by atoms with E-state index in [1.807, 2.05) is 0 Å². The summed E-state index contributed by atoms with van der Waals surface area (Å²) >= 11 is 11.7. The molecule has 0 fully saturated rings. The molecule has 2 rings (SSSR count). The molecule has 25 heavy (non-hydrogen) atoms. The molecule has 0 saturated carbocycles. The van der Waals surface area contributed by atoms with Gasteiger partial charge in [0.2, 0.25) is 0 Å². The maximum absolute atomic E-state index is 11.6. The number of phenols is 2. The molecule has 10 heteroatoms. The lowest BCUT2D eigenvalue weighted by atomic mass is 9.99. The summed E-state index contributed by atoms with van der Waals surface area (Å²) in [6.45, 7) is 0. The van der Waals surface area contributed by atoms with Crippen LogP contribution in [0.5, 0.6) is 11.5 Å². The van der Waals surface area contributed by atoms with Gasteiger partial charge in [0.1, 0.15) is 11.5 Å². The summed E-state index contributed by atoms with van der Waals surface area (Å²) in [5, 5.41) is 36.7. The van der Waals surface area contributed by atoms with Crippen molar-refractivity contribution in [1.82, 2.24) is 11.0 Å². The van der Waals surface area contributed by atoms with Gasteiger partial charge < -0.3 is 10.2 Å². The van der Waals surface area contributed by atoms with Gasteiger partial charge in [0.25, 0.3) is 11.8 Å². The molecule has 0 spiro atoms. The van der Waals surface area contributed by atoms with Crippen LogP contribution in [0, 0.1) is 0 Å². The summed E-state index contributed by atoms with van der Waals surface area (Å²) < 4.78 is 0. The predicted octanol–water partition coefficient (Wildman–Crippen LogP) is 2.23. The lowest BCUT2D eigenvalue weighted by molar-refractivity contribution is 0.0699. The Labute approximate surface area is 151 Å². The summed E-state index contributed by atoms with van der Waals surface area (Å²) in [7, 11) is 0. The van der Waals surface area contributed by atoms with E-state index in [4.69, 9.17) is 33.6 Å². The van der Waals surface area contributed by atoms with Crippen molar-refractivity contribution in [1.29, 1.82) is 0 Å². The number of benzene rings is 2. The van der Waals surface area contributed by atoms with Crippen molar-refractivity contribution < 1.29 is 30.2 Å². The molecule has 2 aromatic carbocycles. The number of phenolic OH excluding ortho intramolecular Hbond substituents is 2. The third-order valence-electron chi connectivity index (χ3n) is 3.35. The number of carbonyl (C=O) groups excluding carboxylic acids is 2. The number of aromatic hydroxyl groups is 2. The van der Waals surface area contributed by atoms with Gasteiger partial charge in [-0.25, -0.2) is 11.0 Å². The second kappa shape index (κ2) is 7.58. The van der Waals surface area contributed by atoms with Crippen LogP contribution in [-0.4, -0.2) is 32.4 Å². The monoisotopic (exact) mass is 386 g/mol. The fourth-order valence-corrected chi connectivity index (χ4v) is 2.70. The predicted molar refractivity (Wildman–Crippen MR) is 87.5 cm³/mol. The average molecular weight is 387 g/mol. The quantitative estimate of drug-likeness (QED) is 0.351. The second-order valence-electron chi connectivity index (χ2n) is 5.01. The molecule has 0 aliphatic rings. The topological polar surface area (TPSA) is 139 Å². The lowest BCUT2D eigenvalue weighted by Crippen LogP contribution is -2.19. The minimum Gasteiger partial charge on any atom is -0.506 e. The molecular formula is C15H12Cl2N2O6. The summed E-state index contributed by atoms with van der Waals surface area (Å²) in [6, 6.07) is 5.35. The molecule has 0 saturated heterocycles. The maximum atomic E-state index is 11.6. The molecule has 6 N–H and O–H groups in total. The largest absolute Gasteiger partial charge is 0.506 e. The van der Waals surface area contributed by atoms with E-state index in [9.17, 15) is 19.8 Å². The Morgan fingerprint density at radius 3 is 1.48 bits per heavy atom. The third kappa shape index (κ3) is 3.94. The van der Waals surface area contributed by atoms with E-state index in [2.05, 4.69) is 0 Å². The van der Waals surface area contributed by atoms with Crippen molar-refractivity contribution in [3.05, 3.63) is 56.6 Å². The number of amides is 2. The minimum absolute atomic E-state index is 0.116. The van der Waals surface area contributed by atoms with Gasteiger partial charge in [-0.15, -0.1) is 0 Å². The Bertz CT molecular complexity index is 787. The van der Waals surface area contributed by atoms with Crippen LogP contribution < -0.4 is 11.0 Å². The van der Waals surface area contributed by atoms with E-state index >= 15 is 0 Å². The van der Waals surface area contributed by atoms with Gasteiger partial charge in [-0.1, -0.05) is 23.2 Å². The number of hydrogen-bond acceptors (Lipinski definition) is 6. The van der Waals surface area contributed by atoms with Gasteiger partial charge in [0.15, 0.2) is 0 Å². The van der Waals surface area contributed by atoms with Crippen LogP contribution in [0.2, 0.25) is 10.0 Å². The zero-order chi connectivity index (χ0) is 18.7. The second-order valence-corrected chi connectivity index (χ2v) is 5.82. The molecule has 2 aromatic rings. The first kappa shape index (κ1) is 18.8. The number of nitrogens with one attached hydrogen (secondary N) is 2. The molecule has 0 aliphatic heterocycles. The number of hydroxylamine groups is 2. The zero-order valence-corrected chi connectivity index (χ0v) is 13.9. The Hall–Kier alpha value is -2.52. The Kier molecular flexibility index (Phi) is 5.70. The highest BCUT2D eigenvalue weighted by Gasteiger charge is 2.18. The first-order valence-corrected chi connectivity index (χ1v) is 7.45. The van der Waals surface area contributed by atoms with Crippen molar-refractivity contribution in [3.63, 3.8) is 0 Å². The summed E-state index contributed by atoms with van der Waals surface area (Å²) in [5.41, 5.74) is 3.21. The molecule has 0 heterocycles. The first-order valence-electron chi connectivity index (χ1n) is 6.70. The van der Waals surface area contributed by atoms with Crippen molar-refractivity contribution in [3.8, 4) is 11.5 Å². The Morgan fingerprint density at radius 1 is 0.800 bits per heavy atom. The molecule has 0 bridgehead atoms. The molecule has 0 aromatic heterocycles. The highest BCUT2D eigenvalue weighted by Crippen LogP contribution is 2.33. The standard InChI is InChI=1S/C15H12Cl2N2O6/c16-10-4-6(2-8(12(10)20)14(22)18-24)1-7-3-9(15(23)19-25)13(21)11(17)5-7/h2-5,20-21,24-25H,1H2,(H,18,22)(H,19,23). The van der Waals surface area contributed by atoms with Gasteiger partial charge in [0, 0.05) is 0 Å². The van der Waals surface area contributed by atoms with Crippen LogP contribution in [0.25, 0.3) is 0 Å². The molecule has 2 amide bonds. The molecule has 8 nitrogen and oxygen atoms in total. The molecule has 132 valence electrons. The van der Waals surface area contributed by atoms with Crippen LogP contribution in [0.15, 0.2) is 24.3 Å². The maximum Gasteiger partial charge on any atom is 0.278 e. The lowest BCUT2D eigenvalue weighted by Gasteiger charge is -2.11. The molecular weight excluding hydrogens is 375 g/mol. The van der Waals surface area contributed by atoms with E-state index in [0.717, 1.165) is 0 Å². The normalized spacial score (nSPS) is 10.4. The van der Waals surface area contributed by atoms with Crippen LogP contribution >= 0.6 is 23.2 Å². The molecule has 0 unspecified atom stereocenters. The van der Waals surface area contributed by atoms with E-state index in [1.165, 1.54) is 35.2 Å². The van der Waals surface area contributed by atoms with E-state index in [0.29, 0.717) is 11.1 Å². The fourth-order valence-electron chi connectivity index (χ4n) is 2.22. The molecule has 0 atom stereocenters. The Morgan fingerprint density at radius 2 is 1.16 bits per heavy atom. The van der Waals surface area contributed by atoms with Crippen molar-refractivity contribution in [2.45, 2.75) is 6.42 Å². The zero-order valence-electron chi connectivity index (χ0n) is 12.4. The van der Waals surface area contributed by atoms with Gasteiger partial charge in [0.05, 0.1) is 21.2 Å². The number of carbonyl (C=O) groups is 2. The fraction of sp³-hybridized carbons (Fsp3) is 0.0667. The van der Waals surface area contributed by atoms with Crippen LogP contribution in [0.3, 0.4) is 0 Å². The average Bonchev–Trinajstić information content (AvgIpc) is 2.59.